The van der Waals surface area contributed by atoms with E-state index in [0.29, 0.717) is 18.7 Å². The van der Waals surface area contributed by atoms with E-state index in [1.54, 1.807) is 4.90 Å². The molecular formula is C18H19NO3. The molecule has 0 saturated heterocycles. The van der Waals surface area contributed by atoms with Crippen molar-refractivity contribution in [3.8, 4) is 5.75 Å². The molecule has 4 nitrogen and oxygen atoms in total. The molecule has 3 rings (SSSR count). The van der Waals surface area contributed by atoms with Gasteiger partial charge in [-0.2, -0.15) is 0 Å². The van der Waals surface area contributed by atoms with Crippen molar-refractivity contribution in [1.82, 2.24) is 0 Å². The Bertz CT molecular complexity index is 669. The molecule has 2 aromatic carbocycles. The summed E-state index contributed by atoms with van der Waals surface area (Å²) in [5.41, 5.74) is 2.63. The average Bonchev–Trinajstić information content (AvgIpc) is 2.55. The fourth-order valence-electron chi connectivity index (χ4n) is 2.83. The van der Waals surface area contributed by atoms with Gasteiger partial charge >= 0.3 is 0 Å². The minimum Gasteiger partial charge on any atom is -0.484 e. The van der Waals surface area contributed by atoms with Crippen molar-refractivity contribution in [3.63, 3.8) is 0 Å². The van der Waals surface area contributed by atoms with Crippen molar-refractivity contribution in [3.05, 3.63) is 59.7 Å². The van der Waals surface area contributed by atoms with Crippen LogP contribution in [0.2, 0.25) is 0 Å². The van der Waals surface area contributed by atoms with Crippen LogP contribution in [-0.4, -0.2) is 24.2 Å². The molecule has 1 amide bonds. The van der Waals surface area contributed by atoms with Crippen LogP contribution in [0.4, 0.5) is 5.69 Å². The third-order valence-electron chi connectivity index (χ3n) is 3.93. The van der Waals surface area contributed by atoms with E-state index in [4.69, 9.17) is 4.74 Å². The summed E-state index contributed by atoms with van der Waals surface area (Å²) in [4.78, 5) is 14.2. The van der Waals surface area contributed by atoms with Crippen LogP contribution in [0.1, 0.15) is 23.7 Å². The summed E-state index contributed by atoms with van der Waals surface area (Å²) in [7, 11) is 0. The maximum absolute atomic E-state index is 12.5. The molecule has 0 fully saturated rings. The predicted octanol–water partition coefficient (Wildman–Crippen LogP) is 2.84. The molecule has 0 spiro atoms. The Morgan fingerprint density at radius 1 is 1.23 bits per heavy atom. The van der Waals surface area contributed by atoms with E-state index < -0.39 is 6.10 Å². The highest BCUT2D eigenvalue weighted by Gasteiger charge is 2.28. The number of carbonyl (C=O) groups excluding carboxylic acids is 1. The molecule has 0 radical (unpaired) electrons. The van der Waals surface area contributed by atoms with E-state index in [1.807, 2.05) is 55.5 Å². The molecular weight excluding hydrogens is 278 g/mol. The molecule has 0 aromatic heterocycles. The van der Waals surface area contributed by atoms with Crippen LogP contribution in [0, 0.1) is 6.92 Å². The third-order valence-corrected chi connectivity index (χ3v) is 3.93. The maximum atomic E-state index is 12.5. The first kappa shape index (κ1) is 14.6. The summed E-state index contributed by atoms with van der Waals surface area (Å²) in [6.07, 6.45) is 0.0436. The molecule has 0 saturated carbocycles. The maximum Gasteiger partial charge on any atom is 0.264 e. The lowest BCUT2D eigenvalue weighted by molar-refractivity contribution is -0.120. The summed E-state index contributed by atoms with van der Waals surface area (Å²) < 4.78 is 5.55. The summed E-state index contributed by atoms with van der Waals surface area (Å²) in [6.45, 7) is 2.46. The second-order valence-electron chi connectivity index (χ2n) is 5.46. The quantitative estimate of drug-likeness (QED) is 0.947. The van der Waals surface area contributed by atoms with Gasteiger partial charge in [0.1, 0.15) is 5.75 Å². The summed E-state index contributed by atoms with van der Waals surface area (Å²) >= 11 is 0. The van der Waals surface area contributed by atoms with Gasteiger partial charge in [-0.1, -0.05) is 36.4 Å². The van der Waals surface area contributed by atoms with Crippen molar-refractivity contribution in [2.24, 2.45) is 0 Å². The standard InChI is InChI=1S/C18H19NO3/c1-13-6-5-9-15-16(20)10-11-19(18(13)15)17(21)12-22-14-7-3-2-4-8-14/h2-9,16,20H,10-12H2,1H3. The number of hydrogen-bond donors (Lipinski definition) is 1. The van der Waals surface area contributed by atoms with Crippen molar-refractivity contribution >= 4 is 11.6 Å². The Balaban J connectivity index is 1.78. The number of aliphatic hydroxyl groups excluding tert-OH is 1. The van der Waals surface area contributed by atoms with Gasteiger partial charge in [0, 0.05) is 12.1 Å². The Hall–Kier alpha value is -2.33. The summed E-state index contributed by atoms with van der Waals surface area (Å²) in [5.74, 6) is 0.587. The number of rotatable bonds is 3. The number of hydrogen-bond acceptors (Lipinski definition) is 3. The highest BCUT2D eigenvalue weighted by molar-refractivity contribution is 5.96. The molecule has 1 unspecified atom stereocenters. The highest BCUT2D eigenvalue weighted by Crippen LogP contribution is 2.36. The summed E-state index contributed by atoms with van der Waals surface area (Å²) in [6, 6.07) is 15.0. The molecule has 22 heavy (non-hydrogen) atoms. The predicted molar refractivity (Wildman–Crippen MR) is 85.0 cm³/mol. The van der Waals surface area contributed by atoms with E-state index in [0.717, 1.165) is 16.8 Å². The lowest BCUT2D eigenvalue weighted by Gasteiger charge is -2.33. The van der Waals surface area contributed by atoms with Crippen molar-refractivity contribution in [2.45, 2.75) is 19.4 Å². The molecule has 2 aromatic rings. The minimum atomic E-state index is -0.506. The molecule has 1 atom stereocenters. The zero-order valence-electron chi connectivity index (χ0n) is 12.5. The SMILES string of the molecule is Cc1cccc2c1N(C(=O)COc1ccccc1)CCC2O. The lowest BCUT2D eigenvalue weighted by atomic mass is 9.96. The largest absolute Gasteiger partial charge is 0.484 e. The zero-order valence-corrected chi connectivity index (χ0v) is 12.5. The van der Waals surface area contributed by atoms with Crippen LogP contribution < -0.4 is 9.64 Å². The second-order valence-corrected chi connectivity index (χ2v) is 5.46. The van der Waals surface area contributed by atoms with Gasteiger partial charge in [0.2, 0.25) is 0 Å². The van der Waals surface area contributed by atoms with E-state index in [2.05, 4.69) is 0 Å². The first-order valence-electron chi connectivity index (χ1n) is 7.42. The number of fused-ring (bicyclic) bond motifs is 1. The van der Waals surface area contributed by atoms with E-state index in [-0.39, 0.29) is 12.5 Å². The first-order valence-corrected chi connectivity index (χ1v) is 7.42. The van der Waals surface area contributed by atoms with Crippen LogP contribution in [0.5, 0.6) is 5.75 Å². The average molecular weight is 297 g/mol. The number of amides is 1. The number of carbonyl (C=O) groups is 1. The molecule has 0 bridgehead atoms. The van der Waals surface area contributed by atoms with Crippen LogP contribution in [-0.2, 0) is 4.79 Å². The highest BCUT2D eigenvalue weighted by atomic mass is 16.5. The monoisotopic (exact) mass is 297 g/mol. The number of ether oxygens (including phenoxy) is 1. The smallest absolute Gasteiger partial charge is 0.264 e. The second kappa shape index (κ2) is 6.20. The fraction of sp³-hybridized carbons (Fsp3) is 0.278. The normalized spacial score (nSPS) is 17.0. The van der Waals surface area contributed by atoms with Gasteiger partial charge in [0.25, 0.3) is 5.91 Å². The van der Waals surface area contributed by atoms with Gasteiger partial charge in [0.05, 0.1) is 11.8 Å². The molecule has 114 valence electrons. The number of aliphatic hydroxyl groups is 1. The zero-order chi connectivity index (χ0) is 15.5. The van der Waals surface area contributed by atoms with Gasteiger partial charge in [-0.3, -0.25) is 4.79 Å². The molecule has 4 heteroatoms. The van der Waals surface area contributed by atoms with Crippen molar-refractivity contribution in [2.75, 3.05) is 18.1 Å². The van der Waals surface area contributed by atoms with Crippen LogP contribution in [0.3, 0.4) is 0 Å². The Labute approximate surface area is 130 Å². The van der Waals surface area contributed by atoms with Crippen molar-refractivity contribution in [1.29, 1.82) is 0 Å². The summed E-state index contributed by atoms with van der Waals surface area (Å²) in [5, 5.41) is 10.1. The fourth-order valence-corrected chi connectivity index (χ4v) is 2.83. The van der Waals surface area contributed by atoms with Gasteiger partial charge < -0.3 is 14.7 Å². The Morgan fingerprint density at radius 2 is 2.00 bits per heavy atom. The Kier molecular flexibility index (Phi) is 4.11. The third kappa shape index (κ3) is 2.83. The molecule has 1 heterocycles. The lowest BCUT2D eigenvalue weighted by Crippen LogP contribution is -2.40. The Morgan fingerprint density at radius 3 is 2.77 bits per heavy atom. The number of aryl methyl sites for hydroxylation is 1. The number of para-hydroxylation sites is 2. The van der Waals surface area contributed by atoms with Gasteiger partial charge in [-0.05, 0) is 31.0 Å². The van der Waals surface area contributed by atoms with Gasteiger partial charge in [-0.15, -0.1) is 0 Å². The van der Waals surface area contributed by atoms with E-state index >= 15 is 0 Å². The molecule has 1 N–H and O–H groups in total. The minimum absolute atomic E-state index is 0.00607. The van der Waals surface area contributed by atoms with E-state index in [9.17, 15) is 9.90 Å². The van der Waals surface area contributed by atoms with Crippen LogP contribution >= 0.6 is 0 Å². The molecule has 1 aliphatic heterocycles. The van der Waals surface area contributed by atoms with E-state index in [1.165, 1.54) is 0 Å². The van der Waals surface area contributed by atoms with Crippen molar-refractivity contribution < 1.29 is 14.6 Å². The molecule has 1 aliphatic rings. The number of anilines is 1. The topological polar surface area (TPSA) is 49.8 Å². The number of nitrogens with zero attached hydrogens (tertiary/aromatic N) is 1. The van der Waals surface area contributed by atoms with Gasteiger partial charge in [-0.25, -0.2) is 0 Å². The van der Waals surface area contributed by atoms with Gasteiger partial charge in [0.15, 0.2) is 6.61 Å². The number of benzene rings is 2. The van der Waals surface area contributed by atoms with Crippen LogP contribution in [0.15, 0.2) is 48.5 Å². The molecule has 0 aliphatic carbocycles. The van der Waals surface area contributed by atoms with Crippen LogP contribution in [0.25, 0.3) is 0 Å². The first-order chi connectivity index (χ1) is 10.7.